The first kappa shape index (κ1) is 25.4. The van der Waals surface area contributed by atoms with Crippen LogP contribution in [0, 0.1) is 5.92 Å². The molecule has 35 heavy (non-hydrogen) atoms. The van der Waals surface area contributed by atoms with Crippen molar-refractivity contribution in [2.45, 2.75) is 25.0 Å². The molecule has 0 bridgehead atoms. The summed E-state index contributed by atoms with van der Waals surface area (Å²) >= 11 is 14.7. The van der Waals surface area contributed by atoms with Crippen LogP contribution in [0.2, 0.25) is 10.0 Å². The van der Waals surface area contributed by atoms with Crippen LogP contribution in [0.15, 0.2) is 47.6 Å². The van der Waals surface area contributed by atoms with Crippen molar-refractivity contribution in [1.82, 2.24) is 25.1 Å². The zero-order chi connectivity index (χ0) is 25.1. The number of rotatable bonds is 8. The molecule has 2 aromatic carbocycles. The average molecular weight is 550 g/mol. The summed E-state index contributed by atoms with van der Waals surface area (Å²) in [7, 11) is 1.81. The first-order valence-electron chi connectivity index (χ1n) is 10.7. The van der Waals surface area contributed by atoms with Crippen molar-refractivity contribution >= 4 is 73.5 Å². The summed E-state index contributed by atoms with van der Waals surface area (Å²) in [5.74, 6) is 0.276. The number of benzene rings is 2. The van der Waals surface area contributed by atoms with Crippen molar-refractivity contribution in [2.24, 2.45) is 13.0 Å². The third kappa shape index (κ3) is 5.95. The number of aromatic nitrogens is 4. The average Bonchev–Trinajstić information content (AvgIpc) is 3.39. The van der Waals surface area contributed by atoms with E-state index < -0.39 is 6.04 Å². The molecule has 0 aliphatic carbocycles. The third-order valence-electron chi connectivity index (χ3n) is 5.15. The van der Waals surface area contributed by atoms with E-state index in [4.69, 9.17) is 23.2 Å². The van der Waals surface area contributed by atoms with E-state index in [0.717, 1.165) is 10.2 Å². The van der Waals surface area contributed by atoms with Gasteiger partial charge in [-0.1, -0.05) is 72.3 Å². The smallest absolute Gasteiger partial charge is 0.251 e. The molecule has 182 valence electrons. The van der Waals surface area contributed by atoms with Crippen molar-refractivity contribution in [3.8, 4) is 0 Å². The highest BCUT2D eigenvalue weighted by Gasteiger charge is 2.25. The van der Waals surface area contributed by atoms with E-state index in [1.807, 2.05) is 45.2 Å². The summed E-state index contributed by atoms with van der Waals surface area (Å²) in [5, 5.41) is 16.2. The minimum Gasteiger partial charge on any atom is -0.342 e. The highest BCUT2D eigenvalue weighted by atomic mass is 35.5. The number of thiazole rings is 1. The summed E-state index contributed by atoms with van der Waals surface area (Å²) in [6.45, 7) is 3.96. The number of anilines is 1. The maximum atomic E-state index is 12.8. The number of halogens is 2. The van der Waals surface area contributed by atoms with Crippen molar-refractivity contribution in [3.05, 3.63) is 63.9 Å². The van der Waals surface area contributed by atoms with Gasteiger partial charge in [-0.3, -0.25) is 9.59 Å². The minimum absolute atomic E-state index is 0.0322. The van der Waals surface area contributed by atoms with Gasteiger partial charge in [0.05, 0.1) is 32.1 Å². The molecular formula is C23H22Cl2N6O2S2. The van der Waals surface area contributed by atoms with Gasteiger partial charge in [0, 0.05) is 12.6 Å². The highest BCUT2D eigenvalue weighted by molar-refractivity contribution is 7.99. The summed E-state index contributed by atoms with van der Waals surface area (Å²) in [5.41, 5.74) is 1.24. The molecule has 4 aromatic rings. The number of hydrogen-bond donors (Lipinski definition) is 2. The first-order valence-corrected chi connectivity index (χ1v) is 13.2. The summed E-state index contributed by atoms with van der Waals surface area (Å²) in [4.78, 5) is 29.7. The largest absolute Gasteiger partial charge is 0.342 e. The van der Waals surface area contributed by atoms with E-state index in [1.165, 1.54) is 29.2 Å². The number of carbonyl (C=O) groups is 2. The Balaban J connectivity index is 1.41. The summed E-state index contributed by atoms with van der Waals surface area (Å²) < 4.78 is 2.80. The fourth-order valence-corrected chi connectivity index (χ4v) is 5.22. The standard InChI is InChI=1S/C23H22Cl2N6O2S2/c1-12(2)19(28-21(33)13-8-9-14(24)15(25)10-13)20-29-30-23(31(20)3)34-11-18(32)27-22-26-16-6-4-5-7-17(16)35-22/h4-10,12,19H,11H2,1-3H3,(H,28,33)(H,26,27,32)/t19-/m1/s1. The van der Waals surface area contributed by atoms with Crippen LogP contribution in [0.25, 0.3) is 10.2 Å². The van der Waals surface area contributed by atoms with Crippen LogP contribution in [0.4, 0.5) is 5.13 Å². The van der Waals surface area contributed by atoms with Gasteiger partial charge in [-0.2, -0.15) is 0 Å². The van der Waals surface area contributed by atoms with Gasteiger partial charge in [0.25, 0.3) is 5.91 Å². The Hall–Kier alpha value is -2.66. The molecule has 12 heteroatoms. The van der Waals surface area contributed by atoms with E-state index in [1.54, 1.807) is 16.7 Å². The second-order valence-electron chi connectivity index (χ2n) is 8.05. The second kappa shape index (κ2) is 10.9. The van der Waals surface area contributed by atoms with E-state index in [9.17, 15) is 9.59 Å². The Morgan fingerprint density at radius 1 is 1.11 bits per heavy atom. The predicted octanol–water partition coefficient (Wildman–Crippen LogP) is 5.59. The van der Waals surface area contributed by atoms with Gasteiger partial charge >= 0.3 is 0 Å². The number of hydrogen-bond acceptors (Lipinski definition) is 7. The van der Waals surface area contributed by atoms with Crippen LogP contribution in [0.3, 0.4) is 0 Å². The van der Waals surface area contributed by atoms with Gasteiger partial charge < -0.3 is 15.2 Å². The molecule has 0 saturated heterocycles. The van der Waals surface area contributed by atoms with E-state index in [0.29, 0.717) is 31.7 Å². The lowest BCUT2D eigenvalue weighted by Crippen LogP contribution is -2.33. The Labute approximate surface area is 220 Å². The van der Waals surface area contributed by atoms with Gasteiger partial charge in [0.1, 0.15) is 0 Å². The molecule has 4 rings (SSSR count). The molecule has 2 N–H and O–H groups in total. The molecule has 0 aliphatic heterocycles. The Kier molecular flexibility index (Phi) is 7.95. The lowest BCUT2D eigenvalue weighted by atomic mass is 10.0. The lowest BCUT2D eigenvalue weighted by molar-refractivity contribution is -0.113. The van der Waals surface area contributed by atoms with Crippen LogP contribution < -0.4 is 10.6 Å². The predicted molar refractivity (Wildman–Crippen MR) is 141 cm³/mol. The van der Waals surface area contributed by atoms with Crippen molar-refractivity contribution in [2.75, 3.05) is 11.1 Å². The molecule has 2 aromatic heterocycles. The lowest BCUT2D eigenvalue weighted by Gasteiger charge is -2.21. The van der Waals surface area contributed by atoms with Gasteiger partial charge in [0.2, 0.25) is 5.91 Å². The molecule has 1 atom stereocenters. The van der Waals surface area contributed by atoms with Crippen molar-refractivity contribution in [1.29, 1.82) is 0 Å². The Morgan fingerprint density at radius 2 is 1.89 bits per heavy atom. The van der Waals surface area contributed by atoms with Gasteiger partial charge in [-0.25, -0.2) is 4.98 Å². The van der Waals surface area contributed by atoms with E-state index in [-0.39, 0.29) is 23.5 Å². The monoisotopic (exact) mass is 548 g/mol. The third-order valence-corrected chi connectivity index (χ3v) is 7.87. The number of carbonyl (C=O) groups excluding carboxylic acids is 2. The van der Waals surface area contributed by atoms with Gasteiger partial charge in [0.15, 0.2) is 16.1 Å². The molecule has 0 aliphatic rings. The number of fused-ring (bicyclic) bond motifs is 1. The quantitative estimate of drug-likeness (QED) is 0.278. The molecule has 2 heterocycles. The van der Waals surface area contributed by atoms with Crippen LogP contribution in [-0.4, -0.2) is 37.3 Å². The number of nitrogens with one attached hydrogen (secondary N) is 2. The second-order valence-corrected chi connectivity index (χ2v) is 10.8. The van der Waals surface area contributed by atoms with Crippen LogP contribution in [0.1, 0.15) is 36.1 Å². The number of amides is 2. The number of thioether (sulfide) groups is 1. The molecule has 0 radical (unpaired) electrons. The van der Waals surface area contributed by atoms with E-state index >= 15 is 0 Å². The van der Waals surface area contributed by atoms with Crippen molar-refractivity contribution in [3.63, 3.8) is 0 Å². The fourth-order valence-electron chi connectivity index (χ4n) is 3.33. The molecule has 0 saturated carbocycles. The first-order chi connectivity index (χ1) is 16.7. The molecule has 0 spiro atoms. The topological polar surface area (TPSA) is 102 Å². The molecule has 0 fully saturated rings. The minimum atomic E-state index is -0.402. The van der Waals surface area contributed by atoms with Crippen LogP contribution in [0.5, 0.6) is 0 Å². The van der Waals surface area contributed by atoms with Crippen LogP contribution in [-0.2, 0) is 11.8 Å². The normalized spacial score (nSPS) is 12.2. The molecule has 0 unspecified atom stereocenters. The Morgan fingerprint density at radius 3 is 2.60 bits per heavy atom. The van der Waals surface area contributed by atoms with E-state index in [2.05, 4.69) is 25.8 Å². The molecular weight excluding hydrogens is 527 g/mol. The Bertz CT molecular complexity index is 1350. The molecule has 2 amide bonds. The zero-order valence-corrected chi connectivity index (χ0v) is 22.2. The van der Waals surface area contributed by atoms with Crippen molar-refractivity contribution < 1.29 is 9.59 Å². The zero-order valence-electron chi connectivity index (χ0n) is 19.1. The summed E-state index contributed by atoms with van der Waals surface area (Å²) in [6, 6.07) is 12.0. The molecule has 8 nitrogen and oxygen atoms in total. The van der Waals surface area contributed by atoms with Crippen LogP contribution >= 0.6 is 46.3 Å². The van der Waals surface area contributed by atoms with Gasteiger partial charge in [-0.15, -0.1) is 10.2 Å². The maximum absolute atomic E-state index is 12.8. The maximum Gasteiger partial charge on any atom is 0.251 e. The number of para-hydroxylation sites is 1. The SMILES string of the molecule is CC(C)[C@@H](NC(=O)c1ccc(Cl)c(Cl)c1)c1nnc(SCC(=O)Nc2nc3ccccc3s2)n1C. The number of nitrogens with zero attached hydrogens (tertiary/aromatic N) is 4. The summed E-state index contributed by atoms with van der Waals surface area (Å²) in [6.07, 6.45) is 0. The fraction of sp³-hybridized carbons (Fsp3) is 0.261. The highest BCUT2D eigenvalue weighted by Crippen LogP contribution is 2.28. The van der Waals surface area contributed by atoms with Gasteiger partial charge in [-0.05, 0) is 36.2 Å².